The third kappa shape index (κ3) is 3.94. The lowest BCUT2D eigenvalue weighted by Gasteiger charge is -2.36. The highest BCUT2D eigenvalue weighted by molar-refractivity contribution is 5.92. The number of anilines is 2. The number of carbonyl (C=O) groups is 1. The lowest BCUT2D eigenvalue weighted by atomic mass is 10.2. The maximum absolute atomic E-state index is 14.0. The van der Waals surface area contributed by atoms with Crippen molar-refractivity contribution in [2.24, 2.45) is 0 Å². The van der Waals surface area contributed by atoms with Gasteiger partial charge in [0.15, 0.2) is 0 Å². The number of para-hydroxylation sites is 1. The predicted octanol–water partition coefficient (Wildman–Crippen LogP) is 1.93. The molecule has 0 N–H and O–H groups in total. The Morgan fingerprint density at radius 3 is 2.21 bits per heavy atom. The molecule has 28 heavy (non-hydrogen) atoms. The summed E-state index contributed by atoms with van der Waals surface area (Å²) in [6.07, 6.45) is 1.80. The average Bonchev–Trinajstić information content (AvgIpc) is 2.74. The van der Waals surface area contributed by atoms with E-state index in [1.165, 1.54) is 6.07 Å². The van der Waals surface area contributed by atoms with Gasteiger partial charge in [0, 0.05) is 52.4 Å². The van der Waals surface area contributed by atoms with Gasteiger partial charge >= 0.3 is 0 Å². The van der Waals surface area contributed by atoms with E-state index in [0.29, 0.717) is 37.6 Å². The molecule has 2 aromatic rings. The molecular formula is C21H26FN5O. The Bertz CT molecular complexity index is 812. The van der Waals surface area contributed by atoms with Crippen LogP contribution in [-0.4, -0.2) is 80.1 Å². The summed E-state index contributed by atoms with van der Waals surface area (Å²) in [5.74, 6) is -0.276. The molecule has 3 heterocycles. The molecule has 0 radical (unpaired) electrons. The molecule has 0 aliphatic carbocycles. The molecule has 0 atom stereocenters. The molecule has 6 nitrogen and oxygen atoms in total. The van der Waals surface area contributed by atoms with E-state index in [9.17, 15) is 9.18 Å². The standard InChI is InChI=1S/C21H26FN5O/c1-24-8-10-25(11-9-24)17-6-7-19(23-16-17)21(28)27-14-12-26(13-15-27)20-5-3-2-4-18(20)22/h2-7,16H,8-15H2,1H3. The number of hydrogen-bond acceptors (Lipinski definition) is 5. The molecule has 148 valence electrons. The first-order chi connectivity index (χ1) is 13.6. The quantitative estimate of drug-likeness (QED) is 0.810. The van der Waals surface area contributed by atoms with Gasteiger partial charge in [-0.15, -0.1) is 0 Å². The zero-order valence-corrected chi connectivity index (χ0v) is 16.2. The number of aromatic nitrogens is 1. The number of hydrogen-bond donors (Lipinski definition) is 0. The third-order valence-electron chi connectivity index (χ3n) is 5.60. The second-order valence-electron chi connectivity index (χ2n) is 7.42. The first-order valence-electron chi connectivity index (χ1n) is 9.80. The number of carbonyl (C=O) groups excluding carboxylic acids is 1. The Morgan fingerprint density at radius 2 is 1.57 bits per heavy atom. The lowest BCUT2D eigenvalue weighted by Crippen LogP contribution is -2.49. The van der Waals surface area contributed by atoms with E-state index in [4.69, 9.17) is 0 Å². The molecule has 0 bridgehead atoms. The smallest absolute Gasteiger partial charge is 0.272 e. The van der Waals surface area contributed by atoms with Crippen LogP contribution in [0.2, 0.25) is 0 Å². The summed E-state index contributed by atoms with van der Waals surface area (Å²) in [7, 11) is 2.13. The highest BCUT2D eigenvalue weighted by atomic mass is 19.1. The highest BCUT2D eigenvalue weighted by Crippen LogP contribution is 2.21. The fourth-order valence-electron chi connectivity index (χ4n) is 3.78. The summed E-state index contributed by atoms with van der Waals surface area (Å²) in [6.45, 7) is 6.38. The van der Waals surface area contributed by atoms with Crippen LogP contribution < -0.4 is 9.80 Å². The third-order valence-corrected chi connectivity index (χ3v) is 5.60. The summed E-state index contributed by atoms with van der Waals surface area (Å²) in [6, 6.07) is 10.6. The molecule has 0 spiro atoms. The number of rotatable bonds is 3. The fourth-order valence-corrected chi connectivity index (χ4v) is 3.78. The molecule has 0 saturated carbocycles. The largest absolute Gasteiger partial charge is 0.368 e. The molecule has 4 rings (SSSR count). The second-order valence-corrected chi connectivity index (χ2v) is 7.42. The molecule has 2 aliphatic heterocycles. The van der Waals surface area contributed by atoms with Crippen LogP contribution in [0, 0.1) is 5.82 Å². The number of pyridine rings is 1. The molecule has 1 amide bonds. The van der Waals surface area contributed by atoms with Crippen LogP contribution in [0.4, 0.5) is 15.8 Å². The topological polar surface area (TPSA) is 42.9 Å². The number of halogens is 1. The number of benzene rings is 1. The zero-order chi connectivity index (χ0) is 19.5. The van der Waals surface area contributed by atoms with Crippen molar-refractivity contribution >= 4 is 17.3 Å². The first kappa shape index (κ1) is 18.7. The summed E-state index contributed by atoms with van der Waals surface area (Å²) in [5, 5.41) is 0. The number of nitrogens with zero attached hydrogens (tertiary/aromatic N) is 5. The van der Waals surface area contributed by atoms with Crippen molar-refractivity contribution in [3.63, 3.8) is 0 Å². The van der Waals surface area contributed by atoms with Crippen LogP contribution in [0.1, 0.15) is 10.5 Å². The molecule has 1 aromatic heterocycles. The predicted molar refractivity (Wildman–Crippen MR) is 108 cm³/mol. The molecule has 2 saturated heterocycles. The minimum absolute atomic E-state index is 0.0573. The van der Waals surface area contributed by atoms with Gasteiger partial charge in [0.05, 0.1) is 17.6 Å². The van der Waals surface area contributed by atoms with Crippen LogP contribution in [-0.2, 0) is 0 Å². The Labute approximate surface area is 165 Å². The molecule has 0 unspecified atom stereocenters. The molecule has 2 fully saturated rings. The first-order valence-corrected chi connectivity index (χ1v) is 9.80. The number of amides is 1. The van der Waals surface area contributed by atoms with Crippen molar-refractivity contribution < 1.29 is 9.18 Å². The Morgan fingerprint density at radius 1 is 0.893 bits per heavy atom. The van der Waals surface area contributed by atoms with E-state index >= 15 is 0 Å². The van der Waals surface area contributed by atoms with E-state index in [1.807, 2.05) is 23.1 Å². The maximum Gasteiger partial charge on any atom is 0.272 e. The van der Waals surface area contributed by atoms with Crippen molar-refractivity contribution in [3.8, 4) is 0 Å². The minimum atomic E-state index is -0.219. The van der Waals surface area contributed by atoms with Gasteiger partial charge in [-0.25, -0.2) is 9.37 Å². The summed E-state index contributed by atoms with van der Waals surface area (Å²) in [5.41, 5.74) is 2.13. The number of piperazine rings is 2. The zero-order valence-electron chi connectivity index (χ0n) is 16.2. The summed E-state index contributed by atoms with van der Waals surface area (Å²) >= 11 is 0. The van der Waals surface area contributed by atoms with Gasteiger partial charge in [-0.05, 0) is 31.3 Å². The van der Waals surface area contributed by atoms with E-state index in [0.717, 1.165) is 31.9 Å². The van der Waals surface area contributed by atoms with Crippen molar-refractivity contribution in [2.75, 3.05) is 69.2 Å². The average molecular weight is 383 g/mol. The van der Waals surface area contributed by atoms with Crippen LogP contribution in [0.3, 0.4) is 0 Å². The van der Waals surface area contributed by atoms with Crippen molar-refractivity contribution in [1.82, 2.24) is 14.8 Å². The van der Waals surface area contributed by atoms with E-state index in [-0.39, 0.29) is 11.7 Å². The van der Waals surface area contributed by atoms with Crippen LogP contribution >= 0.6 is 0 Å². The van der Waals surface area contributed by atoms with Gasteiger partial charge in [-0.2, -0.15) is 0 Å². The van der Waals surface area contributed by atoms with E-state index < -0.39 is 0 Å². The van der Waals surface area contributed by atoms with Gasteiger partial charge in [0.25, 0.3) is 5.91 Å². The monoisotopic (exact) mass is 383 g/mol. The highest BCUT2D eigenvalue weighted by Gasteiger charge is 2.24. The Hall–Kier alpha value is -2.67. The van der Waals surface area contributed by atoms with Crippen molar-refractivity contribution in [3.05, 3.63) is 54.1 Å². The molecule has 7 heteroatoms. The normalized spacial score (nSPS) is 18.4. The van der Waals surface area contributed by atoms with Crippen molar-refractivity contribution in [1.29, 1.82) is 0 Å². The van der Waals surface area contributed by atoms with Crippen LogP contribution in [0.5, 0.6) is 0 Å². The summed E-state index contributed by atoms with van der Waals surface area (Å²) in [4.78, 5) is 25.6. The van der Waals surface area contributed by atoms with Gasteiger partial charge in [0.2, 0.25) is 0 Å². The maximum atomic E-state index is 14.0. The van der Waals surface area contributed by atoms with Crippen LogP contribution in [0.25, 0.3) is 0 Å². The van der Waals surface area contributed by atoms with Gasteiger partial charge in [-0.3, -0.25) is 4.79 Å². The molecular weight excluding hydrogens is 357 g/mol. The Kier molecular flexibility index (Phi) is 5.43. The lowest BCUT2D eigenvalue weighted by molar-refractivity contribution is 0.0741. The van der Waals surface area contributed by atoms with Crippen LogP contribution in [0.15, 0.2) is 42.6 Å². The van der Waals surface area contributed by atoms with Crippen molar-refractivity contribution in [2.45, 2.75) is 0 Å². The van der Waals surface area contributed by atoms with E-state index in [2.05, 4.69) is 21.8 Å². The Balaban J connectivity index is 1.36. The van der Waals surface area contributed by atoms with Gasteiger partial charge in [0.1, 0.15) is 11.5 Å². The SMILES string of the molecule is CN1CCN(c2ccc(C(=O)N3CCN(c4ccccc4F)CC3)nc2)CC1. The van der Waals surface area contributed by atoms with Gasteiger partial charge < -0.3 is 19.6 Å². The minimum Gasteiger partial charge on any atom is -0.368 e. The summed E-state index contributed by atoms with van der Waals surface area (Å²) < 4.78 is 14.0. The molecule has 2 aliphatic rings. The second kappa shape index (κ2) is 8.14. The van der Waals surface area contributed by atoms with E-state index in [1.54, 1.807) is 23.2 Å². The van der Waals surface area contributed by atoms with Gasteiger partial charge in [-0.1, -0.05) is 12.1 Å². The fraction of sp³-hybridized carbons (Fsp3) is 0.429. The number of likely N-dealkylation sites (N-methyl/N-ethyl adjacent to an activating group) is 1. The molecule has 1 aromatic carbocycles.